The highest BCUT2D eigenvalue weighted by Crippen LogP contribution is 2.30. The molecule has 2 N–H and O–H groups in total. The van der Waals surface area contributed by atoms with Crippen LogP contribution in [0.2, 0.25) is 0 Å². The molecule has 0 saturated carbocycles. The van der Waals surface area contributed by atoms with Crippen molar-refractivity contribution in [3.05, 3.63) is 69.3 Å². The highest BCUT2D eigenvalue weighted by Gasteiger charge is 2.15. The highest BCUT2D eigenvalue weighted by molar-refractivity contribution is 5.87. The second kappa shape index (κ2) is 6.71. The quantitative estimate of drug-likeness (QED) is 0.630. The van der Waals surface area contributed by atoms with E-state index < -0.39 is 10.9 Å². The normalized spacial score (nSPS) is 10.4. The molecule has 0 aliphatic heterocycles. The van der Waals surface area contributed by atoms with Crippen LogP contribution in [-0.2, 0) is 12.8 Å². The van der Waals surface area contributed by atoms with Gasteiger partial charge in [0.2, 0.25) is 0 Å². The number of nitrogens with zero attached hydrogens (tertiary/aromatic N) is 1. The zero-order valence-electron chi connectivity index (χ0n) is 11.7. The Bertz CT molecular complexity index is 694. The first-order valence-electron chi connectivity index (χ1n) is 6.76. The Balaban J connectivity index is 1.98. The Morgan fingerprint density at radius 3 is 2.36 bits per heavy atom. The van der Waals surface area contributed by atoms with E-state index in [-0.39, 0.29) is 17.0 Å². The number of benzene rings is 2. The summed E-state index contributed by atoms with van der Waals surface area (Å²) in [5.41, 5.74) is 1.47. The van der Waals surface area contributed by atoms with Crippen molar-refractivity contribution in [2.24, 2.45) is 0 Å². The molecule has 0 radical (unpaired) electrons. The summed E-state index contributed by atoms with van der Waals surface area (Å²) in [5.74, 6) is -1.25. The fourth-order valence-electron chi connectivity index (χ4n) is 2.22. The van der Waals surface area contributed by atoms with Gasteiger partial charge >= 0.3 is 11.7 Å². The third-order valence-electron chi connectivity index (χ3n) is 3.41. The smallest absolute Gasteiger partial charge is 0.335 e. The number of aryl methyl sites for hydroxylation is 2. The Morgan fingerprint density at radius 1 is 1.09 bits per heavy atom. The van der Waals surface area contributed by atoms with E-state index >= 15 is 0 Å². The molecule has 0 saturated heterocycles. The molecule has 0 spiro atoms. The van der Waals surface area contributed by atoms with Gasteiger partial charge in [0.15, 0.2) is 5.75 Å². The molecule has 0 heterocycles. The van der Waals surface area contributed by atoms with Crippen LogP contribution >= 0.6 is 0 Å². The third-order valence-corrected chi connectivity index (χ3v) is 3.41. The van der Waals surface area contributed by atoms with Crippen LogP contribution in [0.1, 0.15) is 27.9 Å². The maximum Gasteiger partial charge on any atom is 0.335 e. The molecule has 2 rings (SSSR count). The molecule has 2 aromatic carbocycles. The largest absolute Gasteiger partial charge is 0.502 e. The summed E-state index contributed by atoms with van der Waals surface area (Å²) in [4.78, 5) is 20.9. The van der Waals surface area contributed by atoms with Crippen LogP contribution in [0.3, 0.4) is 0 Å². The van der Waals surface area contributed by atoms with Crippen LogP contribution in [0.25, 0.3) is 0 Å². The Morgan fingerprint density at radius 2 is 1.77 bits per heavy atom. The number of carbonyl (C=O) groups is 1. The summed E-state index contributed by atoms with van der Waals surface area (Å²) in [6, 6.07) is 11.1. The maximum atomic E-state index is 10.8. The number of aromatic carboxylic acids is 1. The summed E-state index contributed by atoms with van der Waals surface area (Å²) in [7, 11) is 0. The van der Waals surface area contributed by atoms with E-state index in [0.29, 0.717) is 24.8 Å². The van der Waals surface area contributed by atoms with Gasteiger partial charge in [-0.05, 0) is 37.0 Å². The lowest BCUT2D eigenvalue weighted by Crippen LogP contribution is -1.97. The number of aromatic hydroxyl groups is 1. The molecule has 0 fully saturated rings. The molecule has 22 heavy (non-hydrogen) atoms. The van der Waals surface area contributed by atoms with Crippen LogP contribution in [0.5, 0.6) is 5.75 Å². The zero-order valence-corrected chi connectivity index (χ0v) is 11.7. The molecule has 2 aromatic rings. The monoisotopic (exact) mass is 301 g/mol. The maximum absolute atomic E-state index is 10.8. The number of carboxylic acid groups (broad SMARTS) is 1. The van der Waals surface area contributed by atoms with Gasteiger partial charge in [0.1, 0.15) is 0 Å². The first-order valence-corrected chi connectivity index (χ1v) is 6.76. The number of nitro benzene ring substituents is 1. The van der Waals surface area contributed by atoms with Gasteiger partial charge in [0, 0.05) is 11.6 Å². The number of para-hydroxylation sites is 1. The molecule has 0 atom stereocenters. The van der Waals surface area contributed by atoms with Gasteiger partial charge in [-0.1, -0.05) is 24.3 Å². The van der Waals surface area contributed by atoms with Crippen LogP contribution in [0.4, 0.5) is 5.69 Å². The molecule has 6 nitrogen and oxygen atoms in total. The molecule has 6 heteroatoms. The SMILES string of the molecule is O=C(O)c1ccc(CCCc2cccc([N+](=O)[O-])c2O)cc1. The van der Waals surface area contributed by atoms with E-state index in [2.05, 4.69) is 0 Å². The standard InChI is InChI=1S/C16H15NO5/c18-15-12(5-2-6-14(15)17(21)22)4-1-3-11-7-9-13(10-8-11)16(19)20/h2,5-10,18H,1,3-4H2,(H,19,20). The van der Waals surface area contributed by atoms with E-state index in [1.54, 1.807) is 36.4 Å². The lowest BCUT2D eigenvalue weighted by molar-refractivity contribution is -0.385. The molecule has 0 amide bonds. The van der Waals surface area contributed by atoms with Gasteiger partial charge in [0.25, 0.3) is 0 Å². The number of nitro groups is 1. The Kier molecular flexibility index (Phi) is 4.73. The van der Waals surface area contributed by atoms with Crippen molar-refractivity contribution in [1.29, 1.82) is 0 Å². The number of rotatable bonds is 6. The average Bonchev–Trinajstić information content (AvgIpc) is 2.49. The van der Waals surface area contributed by atoms with Gasteiger partial charge in [-0.2, -0.15) is 0 Å². The van der Waals surface area contributed by atoms with Crippen LogP contribution in [0.15, 0.2) is 42.5 Å². The number of hydrogen-bond acceptors (Lipinski definition) is 4. The first-order chi connectivity index (χ1) is 10.5. The van der Waals surface area contributed by atoms with Crippen molar-refractivity contribution in [1.82, 2.24) is 0 Å². The molecular formula is C16H15NO5. The van der Waals surface area contributed by atoms with E-state index in [0.717, 1.165) is 5.56 Å². The van der Waals surface area contributed by atoms with Crippen LogP contribution < -0.4 is 0 Å². The van der Waals surface area contributed by atoms with Crippen molar-refractivity contribution < 1.29 is 19.9 Å². The highest BCUT2D eigenvalue weighted by atomic mass is 16.6. The minimum atomic E-state index is -0.965. The number of phenolic OH excluding ortho intramolecular Hbond substituents is 1. The fourth-order valence-corrected chi connectivity index (χ4v) is 2.22. The molecule has 114 valence electrons. The van der Waals surface area contributed by atoms with Gasteiger partial charge in [0.05, 0.1) is 10.5 Å². The summed E-state index contributed by atoms with van der Waals surface area (Å²) in [6.45, 7) is 0. The van der Waals surface area contributed by atoms with Gasteiger partial charge < -0.3 is 10.2 Å². The molecule has 0 unspecified atom stereocenters. The predicted molar refractivity (Wildman–Crippen MR) is 80.2 cm³/mol. The predicted octanol–water partition coefficient (Wildman–Crippen LogP) is 3.17. The van der Waals surface area contributed by atoms with Gasteiger partial charge in [-0.25, -0.2) is 4.79 Å². The summed E-state index contributed by atoms with van der Waals surface area (Å²) < 4.78 is 0. The van der Waals surface area contributed by atoms with Gasteiger partial charge in [-0.15, -0.1) is 0 Å². The van der Waals surface area contributed by atoms with E-state index in [9.17, 15) is 20.0 Å². The van der Waals surface area contributed by atoms with E-state index in [4.69, 9.17) is 5.11 Å². The summed E-state index contributed by atoms with van der Waals surface area (Å²) in [6.07, 6.45) is 1.90. The minimum absolute atomic E-state index is 0.236. The molecule has 0 aliphatic carbocycles. The zero-order chi connectivity index (χ0) is 16.1. The summed E-state index contributed by atoms with van der Waals surface area (Å²) in [5, 5.41) is 29.4. The molecule has 0 aliphatic rings. The van der Waals surface area contributed by atoms with Crippen molar-refractivity contribution in [3.8, 4) is 5.75 Å². The van der Waals surface area contributed by atoms with Crippen molar-refractivity contribution >= 4 is 11.7 Å². The number of carboxylic acids is 1. The van der Waals surface area contributed by atoms with E-state index in [1.165, 1.54) is 6.07 Å². The lowest BCUT2D eigenvalue weighted by atomic mass is 10.0. The van der Waals surface area contributed by atoms with E-state index in [1.807, 2.05) is 0 Å². The average molecular weight is 301 g/mol. The number of phenols is 1. The third kappa shape index (κ3) is 3.60. The fraction of sp³-hybridized carbons (Fsp3) is 0.188. The second-order valence-electron chi connectivity index (χ2n) is 4.90. The molecule has 0 bridgehead atoms. The van der Waals surface area contributed by atoms with Crippen molar-refractivity contribution in [2.45, 2.75) is 19.3 Å². The number of hydrogen-bond donors (Lipinski definition) is 2. The molecular weight excluding hydrogens is 286 g/mol. The van der Waals surface area contributed by atoms with Crippen LogP contribution in [0, 0.1) is 10.1 Å². The van der Waals surface area contributed by atoms with Crippen LogP contribution in [-0.4, -0.2) is 21.1 Å². The Labute approximate surface area is 126 Å². The van der Waals surface area contributed by atoms with Gasteiger partial charge in [-0.3, -0.25) is 10.1 Å². The first kappa shape index (κ1) is 15.5. The van der Waals surface area contributed by atoms with Crippen molar-refractivity contribution in [2.75, 3.05) is 0 Å². The minimum Gasteiger partial charge on any atom is -0.502 e. The lowest BCUT2D eigenvalue weighted by Gasteiger charge is -2.05. The second-order valence-corrected chi connectivity index (χ2v) is 4.90. The molecule has 0 aromatic heterocycles. The topological polar surface area (TPSA) is 101 Å². The Hall–Kier alpha value is -2.89. The summed E-state index contributed by atoms with van der Waals surface area (Å²) >= 11 is 0. The van der Waals surface area contributed by atoms with Crippen molar-refractivity contribution in [3.63, 3.8) is 0 Å².